The first-order chi connectivity index (χ1) is 15.3. The third-order valence-electron chi connectivity index (χ3n) is 5.96. The maximum atomic E-state index is 12.6. The van der Waals surface area contributed by atoms with Crippen molar-refractivity contribution in [3.8, 4) is 0 Å². The number of carbonyl (C=O) groups is 4. The van der Waals surface area contributed by atoms with Crippen molar-refractivity contribution in [3.63, 3.8) is 0 Å². The number of esters is 2. The van der Waals surface area contributed by atoms with Crippen LogP contribution in [0.15, 0.2) is 24.3 Å². The lowest BCUT2D eigenvalue weighted by Gasteiger charge is -2.25. The molecule has 0 saturated heterocycles. The van der Waals surface area contributed by atoms with Crippen molar-refractivity contribution in [3.05, 3.63) is 24.3 Å². The van der Waals surface area contributed by atoms with Crippen LogP contribution in [0.5, 0.6) is 0 Å². The van der Waals surface area contributed by atoms with E-state index in [0.29, 0.717) is 25.7 Å². The van der Waals surface area contributed by atoms with Crippen molar-refractivity contribution in [2.45, 2.75) is 90.2 Å². The van der Waals surface area contributed by atoms with Crippen LogP contribution in [0.3, 0.4) is 0 Å². The molecule has 0 aliphatic heterocycles. The lowest BCUT2D eigenvalue weighted by Crippen LogP contribution is -2.40. The number of hydrogen-bond donors (Lipinski definition) is 1. The lowest BCUT2D eigenvalue weighted by molar-refractivity contribution is -0.178. The SMILES string of the molecule is CCCCCC/C=C/[C@H]1[C@H](NC=O)CC(=O)[C@@H]1C/C=C\CCC(C)(OC(C)=O)C(=O)OC. The molecule has 0 aromatic carbocycles. The highest BCUT2D eigenvalue weighted by Gasteiger charge is 2.40. The van der Waals surface area contributed by atoms with E-state index in [1.807, 2.05) is 12.2 Å². The summed E-state index contributed by atoms with van der Waals surface area (Å²) in [5.74, 6) is -1.20. The van der Waals surface area contributed by atoms with Gasteiger partial charge in [-0.1, -0.05) is 50.5 Å². The average molecular weight is 450 g/mol. The smallest absolute Gasteiger partial charge is 0.350 e. The molecule has 1 fully saturated rings. The fourth-order valence-corrected chi connectivity index (χ4v) is 4.20. The second-order valence-electron chi connectivity index (χ2n) is 8.58. The van der Waals surface area contributed by atoms with E-state index in [1.54, 1.807) is 0 Å². The van der Waals surface area contributed by atoms with Gasteiger partial charge in [-0.2, -0.15) is 0 Å². The van der Waals surface area contributed by atoms with E-state index in [1.165, 1.54) is 40.2 Å². The number of ether oxygens (including phenoxy) is 2. The lowest BCUT2D eigenvalue weighted by atomic mass is 9.89. The zero-order chi connectivity index (χ0) is 24.0. The quantitative estimate of drug-likeness (QED) is 0.175. The Hall–Kier alpha value is -2.44. The van der Waals surface area contributed by atoms with Gasteiger partial charge in [-0.15, -0.1) is 0 Å². The highest BCUT2D eigenvalue weighted by Crippen LogP contribution is 2.33. The molecule has 180 valence electrons. The summed E-state index contributed by atoms with van der Waals surface area (Å²) in [5.41, 5.74) is -1.34. The molecular weight excluding hydrogens is 410 g/mol. The number of allylic oxidation sites excluding steroid dienone is 3. The number of hydrogen-bond acceptors (Lipinski definition) is 6. The first-order valence-corrected chi connectivity index (χ1v) is 11.6. The Balaban J connectivity index is 2.69. The van der Waals surface area contributed by atoms with Gasteiger partial charge in [0, 0.05) is 37.6 Å². The van der Waals surface area contributed by atoms with Crippen LogP contribution in [0.25, 0.3) is 0 Å². The molecule has 1 aliphatic carbocycles. The molecular formula is C25H39NO6. The zero-order valence-corrected chi connectivity index (χ0v) is 19.9. The van der Waals surface area contributed by atoms with Crippen LogP contribution in [-0.4, -0.2) is 42.9 Å². The Labute approximate surface area is 192 Å². The van der Waals surface area contributed by atoms with Gasteiger partial charge >= 0.3 is 11.9 Å². The second-order valence-corrected chi connectivity index (χ2v) is 8.58. The van der Waals surface area contributed by atoms with Gasteiger partial charge in [-0.05, 0) is 32.6 Å². The number of rotatable bonds is 15. The number of Topliss-reactive ketones (excluding diaryl/α,β-unsaturated/α-hetero) is 1. The summed E-state index contributed by atoms with van der Waals surface area (Å²) in [4.78, 5) is 46.9. The number of nitrogens with one attached hydrogen (secondary N) is 1. The Kier molecular flexibility index (Phi) is 12.6. The van der Waals surface area contributed by atoms with Crippen LogP contribution >= 0.6 is 0 Å². The second kappa shape index (κ2) is 14.6. The molecule has 1 rings (SSSR count). The summed E-state index contributed by atoms with van der Waals surface area (Å²) in [6.07, 6.45) is 16.1. The highest BCUT2D eigenvalue weighted by atomic mass is 16.6. The summed E-state index contributed by atoms with van der Waals surface area (Å²) < 4.78 is 9.93. The monoisotopic (exact) mass is 449 g/mol. The van der Waals surface area contributed by atoms with E-state index in [-0.39, 0.29) is 30.1 Å². The fourth-order valence-electron chi connectivity index (χ4n) is 4.20. The van der Waals surface area contributed by atoms with Crippen LogP contribution in [0.1, 0.15) is 78.6 Å². The van der Waals surface area contributed by atoms with Crippen molar-refractivity contribution >= 4 is 24.1 Å². The van der Waals surface area contributed by atoms with E-state index in [2.05, 4.69) is 24.4 Å². The predicted octanol–water partition coefficient (Wildman–Crippen LogP) is 4.05. The summed E-state index contributed by atoms with van der Waals surface area (Å²) in [6, 6.07) is -0.170. The Morgan fingerprint density at radius 3 is 2.53 bits per heavy atom. The van der Waals surface area contributed by atoms with Crippen molar-refractivity contribution < 1.29 is 28.7 Å². The minimum absolute atomic E-state index is 0.0232. The highest BCUT2D eigenvalue weighted by molar-refractivity contribution is 5.85. The summed E-state index contributed by atoms with van der Waals surface area (Å²) in [6.45, 7) is 4.97. The first kappa shape index (κ1) is 27.6. The molecule has 0 heterocycles. The van der Waals surface area contributed by atoms with E-state index in [0.717, 1.165) is 12.8 Å². The van der Waals surface area contributed by atoms with Gasteiger partial charge < -0.3 is 14.8 Å². The summed E-state index contributed by atoms with van der Waals surface area (Å²) in [7, 11) is 1.26. The van der Waals surface area contributed by atoms with Gasteiger partial charge in [0.1, 0.15) is 5.78 Å². The fraction of sp³-hybridized carbons (Fsp3) is 0.680. The molecule has 4 atom stereocenters. The standard InChI is InChI=1S/C25H39NO6/c1-5-6-7-8-9-11-14-20-21(23(29)17-22(20)26-18-27)15-12-10-13-16-25(3,24(30)31-4)32-19(2)28/h10-12,14,18,20-22H,5-9,13,15-17H2,1-4H3,(H,26,27)/b12-10-,14-11+/t20-,21-,22-,25?/m1/s1. The maximum absolute atomic E-state index is 12.6. The van der Waals surface area contributed by atoms with Crippen LogP contribution in [0.2, 0.25) is 0 Å². The topological polar surface area (TPSA) is 98.8 Å². The summed E-state index contributed by atoms with van der Waals surface area (Å²) >= 11 is 0. The van der Waals surface area contributed by atoms with E-state index in [9.17, 15) is 19.2 Å². The molecule has 1 saturated carbocycles. The molecule has 7 nitrogen and oxygen atoms in total. The Morgan fingerprint density at radius 2 is 1.91 bits per heavy atom. The maximum Gasteiger partial charge on any atom is 0.350 e. The zero-order valence-electron chi connectivity index (χ0n) is 19.9. The van der Waals surface area contributed by atoms with Crippen molar-refractivity contribution in [2.75, 3.05) is 7.11 Å². The molecule has 1 amide bonds. The molecule has 1 N–H and O–H groups in total. The molecule has 7 heteroatoms. The molecule has 0 radical (unpaired) electrons. The van der Waals surface area contributed by atoms with Gasteiger partial charge in [0.2, 0.25) is 12.0 Å². The van der Waals surface area contributed by atoms with Gasteiger partial charge in [0.15, 0.2) is 0 Å². The van der Waals surface area contributed by atoms with Gasteiger partial charge in [0.25, 0.3) is 0 Å². The molecule has 0 spiro atoms. The first-order valence-electron chi connectivity index (χ1n) is 11.6. The molecule has 32 heavy (non-hydrogen) atoms. The van der Waals surface area contributed by atoms with Crippen LogP contribution < -0.4 is 5.32 Å². The van der Waals surface area contributed by atoms with Crippen molar-refractivity contribution in [1.29, 1.82) is 0 Å². The largest absolute Gasteiger partial charge is 0.466 e. The number of carbonyl (C=O) groups excluding carboxylic acids is 4. The molecule has 1 unspecified atom stereocenters. The van der Waals surface area contributed by atoms with Gasteiger partial charge in [0.05, 0.1) is 7.11 Å². The molecule has 0 bridgehead atoms. The minimum Gasteiger partial charge on any atom is -0.466 e. The third kappa shape index (κ3) is 8.97. The predicted molar refractivity (Wildman–Crippen MR) is 123 cm³/mol. The van der Waals surface area contributed by atoms with E-state index < -0.39 is 17.5 Å². The Morgan fingerprint density at radius 1 is 1.16 bits per heavy atom. The number of amides is 1. The van der Waals surface area contributed by atoms with E-state index >= 15 is 0 Å². The third-order valence-corrected chi connectivity index (χ3v) is 5.96. The van der Waals surface area contributed by atoms with Gasteiger partial charge in [-0.3, -0.25) is 14.4 Å². The number of unbranched alkanes of at least 4 members (excludes halogenated alkanes) is 4. The molecule has 1 aliphatic rings. The van der Waals surface area contributed by atoms with Crippen molar-refractivity contribution in [2.24, 2.45) is 11.8 Å². The van der Waals surface area contributed by atoms with Gasteiger partial charge in [-0.25, -0.2) is 4.79 Å². The van der Waals surface area contributed by atoms with Crippen LogP contribution in [-0.2, 0) is 28.7 Å². The normalized spacial score (nSPS) is 22.8. The van der Waals surface area contributed by atoms with Crippen LogP contribution in [0.4, 0.5) is 0 Å². The van der Waals surface area contributed by atoms with Crippen molar-refractivity contribution in [1.82, 2.24) is 5.32 Å². The summed E-state index contributed by atoms with van der Waals surface area (Å²) in [5, 5.41) is 2.80. The van der Waals surface area contributed by atoms with Crippen LogP contribution in [0, 0.1) is 11.8 Å². The Bertz CT molecular complexity index is 686. The minimum atomic E-state index is -1.34. The number of ketones is 1. The van der Waals surface area contributed by atoms with E-state index in [4.69, 9.17) is 9.47 Å². The number of methoxy groups -OCH3 is 1. The molecule has 0 aromatic rings. The average Bonchev–Trinajstić information content (AvgIpc) is 3.03. The molecule has 0 aromatic heterocycles.